The van der Waals surface area contributed by atoms with Gasteiger partial charge in [-0.15, -0.1) is 11.3 Å². The number of carbonyl (C=O) groups is 2. The number of thiazole rings is 1. The molecule has 0 aliphatic carbocycles. The molecule has 1 fully saturated rings. The number of piperidine rings is 1. The highest BCUT2D eigenvalue weighted by molar-refractivity contribution is 7.07. The van der Waals surface area contributed by atoms with E-state index < -0.39 is 5.91 Å². The minimum Gasteiger partial charge on any atom is -0.360 e. The number of likely N-dealkylation sites (tertiary alicyclic amines) is 1. The number of benzene rings is 1. The van der Waals surface area contributed by atoms with Crippen LogP contribution >= 0.6 is 11.3 Å². The molecular formula is C27H30N8O3S. The Morgan fingerprint density at radius 1 is 1.21 bits per heavy atom. The van der Waals surface area contributed by atoms with Crippen LogP contribution in [-0.4, -0.2) is 59.1 Å². The topological polar surface area (TPSA) is 148 Å². The number of nitrogens with zero attached hydrogens (tertiary/aromatic N) is 5. The van der Waals surface area contributed by atoms with E-state index in [9.17, 15) is 19.6 Å². The van der Waals surface area contributed by atoms with Gasteiger partial charge in [0, 0.05) is 61.7 Å². The molecule has 0 atom stereocenters. The van der Waals surface area contributed by atoms with Gasteiger partial charge in [-0.3, -0.25) is 23.9 Å². The number of carbonyl (C=O) groups excluding carboxylic acids is 2. The second-order valence-corrected chi connectivity index (χ2v) is 10.1. The number of likely N-dealkylation sites (N-methyl/N-ethyl adjacent to an activating group) is 1. The van der Waals surface area contributed by atoms with Gasteiger partial charge in [-0.2, -0.15) is 10.5 Å². The lowest BCUT2D eigenvalue weighted by Crippen LogP contribution is -2.40. The number of nitrogens with one attached hydrogen (secondary N) is 3. The van der Waals surface area contributed by atoms with E-state index in [0.717, 1.165) is 53.9 Å². The van der Waals surface area contributed by atoms with Crippen LogP contribution in [0.1, 0.15) is 25.8 Å². The molecule has 0 saturated carbocycles. The van der Waals surface area contributed by atoms with E-state index in [1.54, 1.807) is 26.2 Å². The Morgan fingerprint density at radius 2 is 1.97 bits per heavy atom. The third-order valence-corrected chi connectivity index (χ3v) is 7.92. The second kappa shape index (κ2) is 12.4. The summed E-state index contributed by atoms with van der Waals surface area (Å²) in [7, 11) is 1.66. The Bertz CT molecular complexity index is 1640. The summed E-state index contributed by atoms with van der Waals surface area (Å²) in [5.41, 5.74) is 1.42. The lowest BCUT2D eigenvalue weighted by Gasteiger charge is -2.32. The third kappa shape index (κ3) is 6.03. The van der Waals surface area contributed by atoms with Crippen LogP contribution in [-0.2, 0) is 16.1 Å². The zero-order valence-electron chi connectivity index (χ0n) is 21.9. The predicted molar refractivity (Wildman–Crippen MR) is 150 cm³/mol. The highest BCUT2D eigenvalue weighted by Gasteiger charge is 2.22. The lowest BCUT2D eigenvalue weighted by atomic mass is 10.0. The van der Waals surface area contributed by atoms with Crippen LogP contribution in [0.3, 0.4) is 0 Å². The highest BCUT2D eigenvalue weighted by Crippen LogP contribution is 2.29. The molecule has 2 aromatic heterocycles. The fourth-order valence-electron chi connectivity index (χ4n) is 4.76. The van der Waals surface area contributed by atoms with E-state index >= 15 is 0 Å². The molecule has 1 saturated heterocycles. The van der Waals surface area contributed by atoms with E-state index in [2.05, 4.69) is 37.7 Å². The SMILES string of the molecule is CCn1c(=O)/c(=C/Nc2ccc3c(ccn3C3CCN(CC(=O)NC)CC3)c2)s/c1=C(\C#N)C(=O)NCC#N. The van der Waals surface area contributed by atoms with Gasteiger partial charge < -0.3 is 20.5 Å². The molecule has 0 radical (unpaired) electrons. The van der Waals surface area contributed by atoms with Crippen molar-refractivity contribution in [3.8, 4) is 12.1 Å². The van der Waals surface area contributed by atoms with Crippen LogP contribution in [0, 0.1) is 22.7 Å². The summed E-state index contributed by atoms with van der Waals surface area (Å²) < 4.78 is 4.28. The number of rotatable bonds is 8. The molecule has 39 heavy (non-hydrogen) atoms. The van der Waals surface area contributed by atoms with Gasteiger partial charge in [0.15, 0.2) is 5.57 Å². The summed E-state index contributed by atoms with van der Waals surface area (Å²) in [6, 6.07) is 12.1. The first kappa shape index (κ1) is 27.6. The van der Waals surface area contributed by atoms with E-state index in [-0.39, 0.29) is 28.2 Å². The summed E-state index contributed by atoms with van der Waals surface area (Å²) in [6.07, 6.45) is 5.62. The molecule has 3 aromatic rings. The van der Waals surface area contributed by atoms with Crippen molar-refractivity contribution in [3.05, 3.63) is 50.0 Å². The van der Waals surface area contributed by atoms with Crippen LogP contribution in [0.4, 0.5) is 5.69 Å². The van der Waals surface area contributed by atoms with Gasteiger partial charge in [0.1, 0.15) is 21.8 Å². The van der Waals surface area contributed by atoms with Crippen molar-refractivity contribution >= 4 is 51.5 Å². The molecule has 1 aliphatic heterocycles. The third-order valence-electron chi connectivity index (χ3n) is 6.79. The Balaban J connectivity index is 1.55. The molecule has 4 rings (SSSR count). The fraction of sp³-hybridized carbons (Fsp3) is 0.370. The van der Waals surface area contributed by atoms with E-state index in [0.29, 0.717) is 23.7 Å². The normalized spacial score (nSPS) is 15.4. The fourth-order valence-corrected chi connectivity index (χ4v) is 5.84. The molecule has 1 aromatic carbocycles. The quantitative estimate of drug-likeness (QED) is 0.347. The average molecular weight is 547 g/mol. The number of fused-ring (bicyclic) bond motifs is 1. The number of aromatic nitrogens is 2. The Kier molecular flexibility index (Phi) is 8.81. The zero-order valence-corrected chi connectivity index (χ0v) is 22.7. The lowest BCUT2D eigenvalue weighted by molar-refractivity contribution is -0.122. The van der Waals surface area contributed by atoms with Crippen molar-refractivity contribution in [2.45, 2.75) is 32.4 Å². The molecule has 2 amide bonds. The number of nitriles is 2. The number of hydrogen-bond donors (Lipinski definition) is 3. The number of amides is 2. The first-order valence-corrected chi connectivity index (χ1v) is 13.5. The van der Waals surface area contributed by atoms with E-state index in [1.165, 1.54) is 4.57 Å². The van der Waals surface area contributed by atoms with Crippen molar-refractivity contribution in [3.63, 3.8) is 0 Å². The maximum absolute atomic E-state index is 13.0. The van der Waals surface area contributed by atoms with Crippen LogP contribution in [0.25, 0.3) is 22.7 Å². The Morgan fingerprint density at radius 3 is 2.64 bits per heavy atom. The van der Waals surface area contributed by atoms with Crippen molar-refractivity contribution in [2.24, 2.45) is 0 Å². The predicted octanol–water partition coefficient (Wildman–Crippen LogP) is 0.431. The zero-order chi connectivity index (χ0) is 27.9. The van der Waals surface area contributed by atoms with Crippen LogP contribution in [0.15, 0.2) is 35.3 Å². The van der Waals surface area contributed by atoms with Gasteiger partial charge in [0.2, 0.25) is 5.91 Å². The minimum atomic E-state index is -0.686. The minimum absolute atomic E-state index is 0.0359. The second-order valence-electron chi connectivity index (χ2n) is 9.11. The first-order chi connectivity index (χ1) is 18.9. The van der Waals surface area contributed by atoms with Crippen molar-refractivity contribution in [1.29, 1.82) is 10.5 Å². The largest absolute Gasteiger partial charge is 0.360 e. The van der Waals surface area contributed by atoms with Crippen LogP contribution in [0.5, 0.6) is 0 Å². The molecule has 3 N–H and O–H groups in total. The summed E-state index contributed by atoms with van der Waals surface area (Å²) in [4.78, 5) is 39.1. The van der Waals surface area contributed by atoms with Crippen molar-refractivity contribution in [1.82, 2.24) is 24.7 Å². The van der Waals surface area contributed by atoms with Crippen molar-refractivity contribution in [2.75, 3.05) is 38.5 Å². The molecule has 202 valence electrons. The molecule has 1 aliphatic rings. The van der Waals surface area contributed by atoms with Gasteiger partial charge in [-0.1, -0.05) is 0 Å². The molecule has 0 unspecified atom stereocenters. The summed E-state index contributed by atoms with van der Waals surface area (Å²) in [5, 5.41) is 27.5. The van der Waals surface area contributed by atoms with E-state index in [1.807, 2.05) is 24.3 Å². The summed E-state index contributed by atoms with van der Waals surface area (Å²) >= 11 is 1.05. The molecule has 3 heterocycles. The monoisotopic (exact) mass is 546 g/mol. The molecular weight excluding hydrogens is 516 g/mol. The maximum atomic E-state index is 13.0. The number of anilines is 1. The molecule has 12 heteroatoms. The van der Waals surface area contributed by atoms with Crippen LogP contribution < -0.4 is 30.7 Å². The highest BCUT2D eigenvalue weighted by atomic mass is 32.1. The van der Waals surface area contributed by atoms with E-state index in [4.69, 9.17) is 5.26 Å². The number of hydrogen-bond acceptors (Lipinski definition) is 8. The Labute approximate surface area is 229 Å². The maximum Gasteiger partial charge on any atom is 0.270 e. The average Bonchev–Trinajstić information content (AvgIpc) is 3.51. The smallest absolute Gasteiger partial charge is 0.270 e. The summed E-state index contributed by atoms with van der Waals surface area (Å²) in [5.74, 6) is -0.650. The Hall–Kier alpha value is -4.39. The van der Waals surface area contributed by atoms with Gasteiger partial charge >= 0.3 is 0 Å². The molecule has 11 nitrogen and oxygen atoms in total. The first-order valence-electron chi connectivity index (χ1n) is 12.7. The van der Waals surface area contributed by atoms with Gasteiger partial charge in [0.05, 0.1) is 12.6 Å². The van der Waals surface area contributed by atoms with Crippen LogP contribution in [0.2, 0.25) is 0 Å². The van der Waals surface area contributed by atoms with Gasteiger partial charge in [-0.25, -0.2) is 0 Å². The van der Waals surface area contributed by atoms with Gasteiger partial charge in [-0.05, 0) is 44.0 Å². The van der Waals surface area contributed by atoms with Gasteiger partial charge in [0.25, 0.3) is 11.5 Å². The summed E-state index contributed by atoms with van der Waals surface area (Å²) in [6.45, 7) is 4.00. The molecule has 0 spiro atoms. The molecule has 0 bridgehead atoms. The van der Waals surface area contributed by atoms with Crippen molar-refractivity contribution < 1.29 is 9.59 Å². The standard InChI is InChI=1S/C27H30N8O3S/c1-3-34-26(38)23(39-27(34)21(15-29)25(37)31-10-9-28)16-32-19-4-5-22-18(14-19)6-13-35(22)20-7-11-33(12-8-20)17-24(36)30-2/h4-6,13-14,16,20,32H,3,7-8,10-12,17H2,1-2H3,(H,30,36)(H,31,37)/b23-16-,27-21+.